The van der Waals surface area contributed by atoms with Crippen molar-refractivity contribution in [3.8, 4) is 11.1 Å². The Labute approximate surface area is 127 Å². The van der Waals surface area contributed by atoms with Crippen LogP contribution in [0.4, 0.5) is 4.79 Å². The van der Waals surface area contributed by atoms with Crippen LogP contribution in [-0.2, 0) is 0 Å². The van der Waals surface area contributed by atoms with Crippen LogP contribution in [-0.4, -0.2) is 30.5 Å². The van der Waals surface area contributed by atoms with Gasteiger partial charge in [-0.25, -0.2) is 14.3 Å². The second kappa shape index (κ2) is 4.98. The zero-order valence-corrected chi connectivity index (χ0v) is 12.0. The third-order valence-corrected chi connectivity index (χ3v) is 4.37. The van der Waals surface area contributed by atoms with E-state index in [0.29, 0.717) is 11.7 Å². The first kappa shape index (κ1) is 13.1. The average Bonchev–Trinajstić information content (AvgIpc) is 3.25. The van der Waals surface area contributed by atoms with Gasteiger partial charge in [-0.05, 0) is 25.0 Å². The molecule has 1 saturated carbocycles. The molecule has 4 rings (SSSR count). The van der Waals surface area contributed by atoms with Crippen molar-refractivity contribution in [3.63, 3.8) is 0 Å². The Morgan fingerprint density at radius 3 is 2.82 bits per heavy atom. The summed E-state index contributed by atoms with van der Waals surface area (Å²) in [5.74, 6) is 0. The van der Waals surface area contributed by atoms with E-state index in [2.05, 4.69) is 21.0 Å². The number of hydrogen-bond donors (Lipinski definition) is 1. The van der Waals surface area contributed by atoms with E-state index in [4.69, 9.17) is 5.11 Å². The van der Waals surface area contributed by atoms with Crippen molar-refractivity contribution >= 4 is 17.1 Å². The summed E-state index contributed by atoms with van der Waals surface area (Å²) >= 11 is 0. The zero-order valence-electron chi connectivity index (χ0n) is 12.0. The van der Waals surface area contributed by atoms with Gasteiger partial charge in [-0.2, -0.15) is 5.10 Å². The van der Waals surface area contributed by atoms with Gasteiger partial charge in [-0.1, -0.05) is 12.8 Å². The third-order valence-electron chi connectivity index (χ3n) is 4.37. The average molecular weight is 296 g/mol. The van der Waals surface area contributed by atoms with Crippen LogP contribution in [0.3, 0.4) is 0 Å². The van der Waals surface area contributed by atoms with Gasteiger partial charge in [0.1, 0.15) is 5.65 Å². The summed E-state index contributed by atoms with van der Waals surface area (Å²) in [6.07, 6.45) is 11.1. The molecule has 1 fully saturated rings. The molecule has 0 amide bonds. The fraction of sp³-hybridized carbons (Fsp3) is 0.312. The number of fused-ring (bicyclic) bond motifs is 1. The highest BCUT2D eigenvalue weighted by atomic mass is 16.4. The number of rotatable bonds is 2. The first-order chi connectivity index (χ1) is 10.7. The molecule has 0 saturated heterocycles. The molecular weight excluding hydrogens is 280 g/mol. The minimum Gasteiger partial charge on any atom is -0.464 e. The van der Waals surface area contributed by atoms with Gasteiger partial charge in [0.2, 0.25) is 0 Å². The van der Waals surface area contributed by atoms with Crippen LogP contribution in [0.25, 0.3) is 22.2 Å². The molecule has 3 aromatic rings. The maximum atomic E-state index is 11.1. The summed E-state index contributed by atoms with van der Waals surface area (Å²) in [5.41, 5.74) is 2.43. The minimum atomic E-state index is -1.02. The number of carbonyl (C=O) groups is 1. The summed E-state index contributed by atoms with van der Waals surface area (Å²) < 4.78 is 3.18. The Kier molecular flexibility index (Phi) is 2.96. The monoisotopic (exact) mass is 296 g/mol. The molecule has 3 aromatic heterocycles. The molecule has 0 radical (unpaired) electrons. The van der Waals surface area contributed by atoms with E-state index in [1.54, 1.807) is 12.3 Å². The highest BCUT2D eigenvalue weighted by molar-refractivity contribution is 5.88. The van der Waals surface area contributed by atoms with E-state index >= 15 is 0 Å². The fourth-order valence-electron chi connectivity index (χ4n) is 3.19. The van der Waals surface area contributed by atoms with Crippen molar-refractivity contribution in [1.82, 2.24) is 19.3 Å². The lowest BCUT2D eigenvalue weighted by molar-refractivity contribution is 0.197. The topological polar surface area (TPSA) is 72.9 Å². The fourth-order valence-corrected chi connectivity index (χ4v) is 3.19. The molecule has 6 heteroatoms. The van der Waals surface area contributed by atoms with E-state index < -0.39 is 6.09 Å². The van der Waals surface area contributed by atoms with E-state index in [1.807, 2.05) is 12.3 Å². The minimum absolute atomic E-state index is 0.458. The SMILES string of the molecule is O=C(O)n1ccc2cc(-c3cnn(C4CCCC4)c3)cnc21. The lowest BCUT2D eigenvalue weighted by Crippen LogP contribution is -2.06. The molecule has 0 bridgehead atoms. The smallest absolute Gasteiger partial charge is 0.417 e. The Bertz CT molecular complexity index is 843. The van der Waals surface area contributed by atoms with Gasteiger partial charge in [0.25, 0.3) is 0 Å². The van der Waals surface area contributed by atoms with Crippen LogP contribution in [0.5, 0.6) is 0 Å². The van der Waals surface area contributed by atoms with Gasteiger partial charge in [0.05, 0.1) is 12.2 Å². The van der Waals surface area contributed by atoms with Crippen LogP contribution in [0.1, 0.15) is 31.7 Å². The molecule has 0 atom stereocenters. The standard InChI is InChI=1S/C16H16N4O2/c21-16(22)19-6-5-11-7-12(8-17-15(11)19)13-9-18-20(10-13)14-3-1-2-4-14/h5-10,14H,1-4H2,(H,21,22). The van der Waals surface area contributed by atoms with Crippen LogP contribution >= 0.6 is 0 Å². The van der Waals surface area contributed by atoms with E-state index in [0.717, 1.165) is 21.1 Å². The molecule has 0 unspecified atom stereocenters. The predicted octanol–water partition coefficient (Wildman–Crippen LogP) is 3.54. The summed E-state index contributed by atoms with van der Waals surface area (Å²) in [6.45, 7) is 0. The molecule has 0 aromatic carbocycles. The summed E-state index contributed by atoms with van der Waals surface area (Å²) in [5, 5.41) is 14.4. The van der Waals surface area contributed by atoms with Crippen LogP contribution < -0.4 is 0 Å². The van der Waals surface area contributed by atoms with Crippen LogP contribution in [0, 0.1) is 0 Å². The molecule has 3 heterocycles. The summed E-state index contributed by atoms with van der Waals surface area (Å²) in [6, 6.07) is 4.23. The van der Waals surface area contributed by atoms with Crippen molar-refractivity contribution in [2.75, 3.05) is 0 Å². The summed E-state index contributed by atoms with van der Waals surface area (Å²) in [4.78, 5) is 15.4. The molecule has 6 nitrogen and oxygen atoms in total. The first-order valence-corrected chi connectivity index (χ1v) is 7.47. The van der Waals surface area contributed by atoms with Crippen molar-refractivity contribution in [3.05, 3.63) is 36.9 Å². The Morgan fingerprint density at radius 2 is 2.05 bits per heavy atom. The second-order valence-corrected chi connectivity index (χ2v) is 5.75. The Hall–Kier alpha value is -2.63. The van der Waals surface area contributed by atoms with Crippen LogP contribution in [0.2, 0.25) is 0 Å². The van der Waals surface area contributed by atoms with Gasteiger partial charge in [-0.15, -0.1) is 0 Å². The van der Waals surface area contributed by atoms with Crippen molar-refractivity contribution < 1.29 is 9.90 Å². The van der Waals surface area contributed by atoms with E-state index in [9.17, 15) is 4.79 Å². The second-order valence-electron chi connectivity index (χ2n) is 5.75. The number of aromatic nitrogens is 4. The molecular formula is C16H16N4O2. The highest BCUT2D eigenvalue weighted by Crippen LogP contribution is 2.30. The molecule has 0 spiro atoms. The Balaban J connectivity index is 1.70. The first-order valence-electron chi connectivity index (χ1n) is 7.47. The predicted molar refractivity (Wildman–Crippen MR) is 81.9 cm³/mol. The third kappa shape index (κ3) is 2.07. The lowest BCUT2D eigenvalue weighted by Gasteiger charge is -2.08. The van der Waals surface area contributed by atoms with Gasteiger partial charge in [-0.3, -0.25) is 4.68 Å². The molecule has 1 aliphatic carbocycles. The van der Waals surface area contributed by atoms with Gasteiger partial charge < -0.3 is 5.11 Å². The normalized spacial score (nSPS) is 15.6. The largest absolute Gasteiger partial charge is 0.464 e. The molecule has 0 aliphatic heterocycles. The number of pyridine rings is 1. The molecule has 22 heavy (non-hydrogen) atoms. The van der Waals surface area contributed by atoms with Crippen molar-refractivity contribution in [1.29, 1.82) is 0 Å². The van der Waals surface area contributed by atoms with E-state index in [-0.39, 0.29) is 0 Å². The van der Waals surface area contributed by atoms with E-state index in [1.165, 1.54) is 31.9 Å². The van der Waals surface area contributed by atoms with Gasteiger partial charge in [0, 0.05) is 35.1 Å². The quantitative estimate of drug-likeness (QED) is 0.785. The number of carboxylic acid groups (broad SMARTS) is 1. The maximum Gasteiger partial charge on any atom is 0.417 e. The van der Waals surface area contributed by atoms with Gasteiger partial charge in [0.15, 0.2) is 0 Å². The lowest BCUT2D eigenvalue weighted by atomic mass is 10.1. The Morgan fingerprint density at radius 1 is 1.23 bits per heavy atom. The van der Waals surface area contributed by atoms with Crippen molar-refractivity contribution in [2.45, 2.75) is 31.7 Å². The zero-order chi connectivity index (χ0) is 15.1. The van der Waals surface area contributed by atoms with Gasteiger partial charge >= 0.3 is 6.09 Å². The van der Waals surface area contributed by atoms with Crippen molar-refractivity contribution in [2.24, 2.45) is 0 Å². The molecule has 112 valence electrons. The van der Waals surface area contributed by atoms with Crippen LogP contribution in [0.15, 0.2) is 36.9 Å². The molecule has 1 N–H and O–H groups in total. The number of nitrogens with zero attached hydrogens (tertiary/aromatic N) is 4. The maximum absolute atomic E-state index is 11.1. The summed E-state index contributed by atoms with van der Waals surface area (Å²) in [7, 11) is 0. The number of hydrogen-bond acceptors (Lipinski definition) is 3. The highest BCUT2D eigenvalue weighted by Gasteiger charge is 2.18. The molecule has 1 aliphatic rings.